The van der Waals surface area contributed by atoms with E-state index < -0.39 is 0 Å². The van der Waals surface area contributed by atoms with Crippen molar-refractivity contribution in [2.45, 2.75) is 13.3 Å². The van der Waals surface area contributed by atoms with Crippen molar-refractivity contribution < 1.29 is 9.59 Å². The second-order valence-corrected chi connectivity index (χ2v) is 7.52. The van der Waals surface area contributed by atoms with E-state index in [0.717, 1.165) is 29.4 Å². The maximum atomic E-state index is 12.4. The van der Waals surface area contributed by atoms with Crippen molar-refractivity contribution in [1.29, 1.82) is 0 Å². The molecule has 1 fully saturated rings. The van der Waals surface area contributed by atoms with Gasteiger partial charge in [0, 0.05) is 55.9 Å². The summed E-state index contributed by atoms with van der Waals surface area (Å²) in [5.74, 6) is -0.122. The lowest BCUT2D eigenvalue weighted by molar-refractivity contribution is -0.131. The Morgan fingerprint density at radius 1 is 1.07 bits per heavy atom. The van der Waals surface area contributed by atoms with Crippen LogP contribution >= 0.6 is 11.6 Å². The van der Waals surface area contributed by atoms with Gasteiger partial charge in [0.2, 0.25) is 11.8 Å². The average Bonchev–Trinajstić information content (AvgIpc) is 2.75. The Kier molecular flexibility index (Phi) is 7.30. The van der Waals surface area contributed by atoms with Gasteiger partial charge in [-0.25, -0.2) is 0 Å². The zero-order valence-electron chi connectivity index (χ0n) is 16.6. The minimum Gasteiger partial charge on any atom is -0.368 e. The topological polar surface area (TPSA) is 52.6 Å². The minimum atomic E-state index is -0.192. The third-order valence-electron chi connectivity index (χ3n) is 5.01. The van der Waals surface area contributed by atoms with E-state index in [0.29, 0.717) is 26.1 Å². The van der Waals surface area contributed by atoms with Crippen molar-refractivity contribution in [3.8, 4) is 0 Å². The molecule has 0 aromatic heterocycles. The van der Waals surface area contributed by atoms with Gasteiger partial charge in [-0.1, -0.05) is 48.0 Å². The Morgan fingerprint density at radius 2 is 1.79 bits per heavy atom. The van der Waals surface area contributed by atoms with E-state index in [-0.39, 0.29) is 11.8 Å². The molecule has 1 saturated heterocycles. The van der Waals surface area contributed by atoms with E-state index in [1.807, 2.05) is 53.4 Å². The molecule has 1 heterocycles. The molecule has 2 aromatic rings. The van der Waals surface area contributed by atoms with Crippen LogP contribution in [0.1, 0.15) is 17.5 Å². The van der Waals surface area contributed by atoms with Crippen molar-refractivity contribution in [2.75, 3.05) is 37.6 Å². The molecule has 1 N–H and O–H groups in total. The van der Waals surface area contributed by atoms with Gasteiger partial charge in [-0.05, 0) is 36.3 Å². The molecule has 0 unspecified atom stereocenters. The molecule has 3 rings (SSSR count). The summed E-state index contributed by atoms with van der Waals surface area (Å²) in [4.78, 5) is 28.5. The second kappa shape index (κ2) is 10.1. The van der Waals surface area contributed by atoms with E-state index >= 15 is 0 Å². The third kappa shape index (κ3) is 6.09. The Bertz CT molecular complexity index is 875. The number of carbonyl (C=O) groups excluding carboxylic acids is 2. The molecule has 152 valence electrons. The number of aryl methyl sites for hydroxylation is 1. The van der Waals surface area contributed by atoms with Gasteiger partial charge in [-0.15, -0.1) is 0 Å². The number of nitrogens with one attached hydrogen (secondary N) is 1. The number of anilines is 1. The minimum absolute atomic E-state index is 0.0693. The number of carbonyl (C=O) groups is 2. The largest absolute Gasteiger partial charge is 0.368 e. The van der Waals surface area contributed by atoms with Gasteiger partial charge in [0.25, 0.3) is 0 Å². The lowest BCUT2D eigenvalue weighted by Crippen LogP contribution is -2.49. The van der Waals surface area contributed by atoms with E-state index in [2.05, 4.69) is 17.1 Å². The Hall–Kier alpha value is -2.79. The summed E-state index contributed by atoms with van der Waals surface area (Å²) in [5, 5.41) is 3.50. The standard InChI is InChI=1S/C23H26ClN3O2/c1-18-7-9-20(24)17-21(18)26-13-15-27(16-14-26)23(29)11-12-25-22(28)10-8-19-5-3-2-4-6-19/h2-10,17H,11-16H2,1H3,(H,25,28)/b10-8+. The predicted molar refractivity (Wildman–Crippen MR) is 118 cm³/mol. The number of benzene rings is 2. The summed E-state index contributed by atoms with van der Waals surface area (Å²) in [7, 11) is 0. The highest BCUT2D eigenvalue weighted by molar-refractivity contribution is 6.30. The summed E-state index contributed by atoms with van der Waals surface area (Å²) < 4.78 is 0. The first-order valence-electron chi connectivity index (χ1n) is 9.83. The van der Waals surface area contributed by atoms with Crippen LogP contribution in [-0.4, -0.2) is 49.4 Å². The van der Waals surface area contributed by atoms with Gasteiger partial charge in [0.15, 0.2) is 0 Å². The van der Waals surface area contributed by atoms with Crippen molar-refractivity contribution in [3.63, 3.8) is 0 Å². The Balaban J connectivity index is 1.40. The molecular weight excluding hydrogens is 386 g/mol. The molecule has 2 amide bonds. The van der Waals surface area contributed by atoms with Crippen LogP contribution in [0.25, 0.3) is 6.08 Å². The molecular formula is C23H26ClN3O2. The fourth-order valence-electron chi connectivity index (χ4n) is 3.37. The molecule has 0 radical (unpaired) electrons. The molecule has 0 saturated carbocycles. The zero-order chi connectivity index (χ0) is 20.6. The summed E-state index contributed by atoms with van der Waals surface area (Å²) in [6, 6.07) is 15.5. The first-order valence-corrected chi connectivity index (χ1v) is 10.2. The van der Waals surface area contributed by atoms with Gasteiger partial charge in [0.1, 0.15) is 0 Å². The van der Waals surface area contributed by atoms with Gasteiger partial charge >= 0.3 is 0 Å². The van der Waals surface area contributed by atoms with Crippen LogP contribution in [0.2, 0.25) is 5.02 Å². The van der Waals surface area contributed by atoms with Crippen molar-refractivity contribution in [2.24, 2.45) is 0 Å². The smallest absolute Gasteiger partial charge is 0.244 e. The molecule has 2 aromatic carbocycles. The number of hydrogen-bond acceptors (Lipinski definition) is 3. The molecule has 0 atom stereocenters. The second-order valence-electron chi connectivity index (χ2n) is 7.08. The molecule has 29 heavy (non-hydrogen) atoms. The van der Waals surface area contributed by atoms with E-state index in [1.54, 1.807) is 6.08 Å². The lowest BCUT2D eigenvalue weighted by Gasteiger charge is -2.37. The Labute approximate surface area is 177 Å². The SMILES string of the molecule is Cc1ccc(Cl)cc1N1CCN(C(=O)CCNC(=O)/C=C/c2ccccc2)CC1. The van der Waals surface area contributed by atoms with Gasteiger partial charge < -0.3 is 15.1 Å². The fraction of sp³-hybridized carbons (Fsp3) is 0.304. The molecule has 6 heteroatoms. The number of halogens is 1. The first kappa shape index (κ1) is 20.9. The lowest BCUT2D eigenvalue weighted by atomic mass is 10.1. The zero-order valence-corrected chi connectivity index (χ0v) is 17.4. The summed E-state index contributed by atoms with van der Waals surface area (Å²) >= 11 is 6.12. The molecule has 0 bridgehead atoms. The molecule has 1 aliphatic heterocycles. The fourth-order valence-corrected chi connectivity index (χ4v) is 3.53. The predicted octanol–water partition coefficient (Wildman–Crippen LogP) is 3.52. The van der Waals surface area contributed by atoms with Crippen LogP contribution in [0.4, 0.5) is 5.69 Å². The monoisotopic (exact) mass is 411 g/mol. The number of amides is 2. The normalized spacial score (nSPS) is 14.3. The van der Waals surface area contributed by atoms with Crippen LogP contribution < -0.4 is 10.2 Å². The highest BCUT2D eigenvalue weighted by atomic mass is 35.5. The summed E-state index contributed by atoms with van der Waals surface area (Å²) in [6.07, 6.45) is 3.56. The number of piperazine rings is 1. The van der Waals surface area contributed by atoms with Crippen molar-refractivity contribution >= 4 is 35.2 Å². The average molecular weight is 412 g/mol. The maximum absolute atomic E-state index is 12.4. The molecule has 1 aliphatic rings. The van der Waals surface area contributed by atoms with Gasteiger partial charge in [-0.2, -0.15) is 0 Å². The summed E-state index contributed by atoms with van der Waals surface area (Å²) in [5.41, 5.74) is 3.27. The van der Waals surface area contributed by atoms with Crippen molar-refractivity contribution in [3.05, 3.63) is 70.8 Å². The molecule has 0 spiro atoms. The maximum Gasteiger partial charge on any atom is 0.244 e. The highest BCUT2D eigenvalue weighted by Crippen LogP contribution is 2.25. The first-order chi connectivity index (χ1) is 14.0. The number of rotatable bonds is 6. The van der Waals surface area contributed by atoms with Crippen LogP contribution in [0.3, 0.4) is 0 Å². The van der Waals surface area contributed by atoms with Gasteiger partial charge in [-0.3, -0.25) is 9.59 Å². The van der Waals surface area contributed by atoms with Gasteiger partial charge in [0.05, 0.1) is 0 Å². The number of nitrogens with zero attached hydrogens (tertiary/aromatic N) is 2. The van der Waals surface area contributed by atoms with E-state index in [9.17, 15) is 9.59 Å². The summed E-state index contributed by atoms with van der Waals surface area (Å²) in [6.45, 7) is 5.31. The molecule has 5 nitrogen and oxygen atoms in total. The third-order valence-corrected chi connectivity index (χ3v) is 5.24. The van der Waals surface area contributed by atoms with Crippen LogP contribution in [0.5, 0.6) is 0 Å². The van der Waals surface area contributed by atoms with Crippen LogP contribution in [-0.2, 0) is 9.59 Å². The Morgan fingerprint density at radius 3 is 2.52 bits per heavy atom. The quantitative estimate of drug-likeness (QED) is 0.740. The van der Waals surface area contributed by atoms with E-state index in [4.69, 9.17) is 11.6 Å². The van der Waals surface area contributed by atoms with Crippen molar-refractivity contribution in [1.82, 2.24) is 10.2 Å². The van der Waals surface area contributed by atoms with E-state index in [1.165, 1.54) is 11.6 Å². The van der Waals surface area contributed by atoms with Crippen LogP contribution in [0, 0.1) is 6.92 Å². The molecule has 0 aliphatic carbocycles. The highest BCUT2D eigenvalue weighted by Gasteiger charge is 2.22. The number of hydrogen-bond donors (Lipinski definition) is 1. The van der Waals surface area contributed by atoms with Crippen LogP contribution in [0.15, 0.2) is 54.6 Å².